The number of anilines is 3. The van der Waals surface area contributed by atoms with E-state index in [0.717, 1.165) is 11.4 Å². The van der Waals surface area contributed by atoms with Gasteiger partial charge in [0.05, 0.1) is 0 Å². The lowest BCUT2D eigenvalue weighted by molar-refractivity contribution is 1.10. The van der Waals surface area contributed by atoms with Gasteiger partial charge < -0.3 is 10.6 Å². The Labute approximate surface area is 115 Å². The van der Waals surface area contributed by atoms with E-state index in [1.54, 1.807) is 25.2 Å². The Morgan fingerprint density at radius 1 is 1.00 bits per heavy atom. The summed E-state index contributed by atoms with van der Waals surface area (Å²) in [5, 5.41) is 7.19. The Bertz CT molecular complexity index is 552. The van der Waals surface area contributed by atoms with Crippen LogP contribution in [0.4, 0.5) is 17.5 Å². The minimum Gasteiger partial charge on any atom is -0.357 e. The molecule has 2 N–H and O–H groups in total. The molecule has 0 amide bonds. The Morgan fingerprint density at radius 2 is 1.67 bits per heavy atom. The highest BCUT2D eigenvalue weighted by molar-refractivity contribution is 6.35. The molecule has 94 valence electrons. The van der Waals surface area contributed by atoms with E-state index in [1.165, 1.54) is 0 Å². The quantitative estimate of drug-likeness (QED) is 0.897. The molecular weight excluding hydrogens is 271 g/mol. The van der Waals surface area contributed by atoms with Crippen LogP contribution in [-0.4, -0.2) is 17.0 Å². The highest BCUT2D eigenvalue weighted by atomic mass is 35.5. The Hall–Kier alpha value is -1.52. The molecule has 4 nitrogen and oxygen atoms in total. The third kappa shape index (κ3) is 3.24. The SMILES string of the molecule is CNc1nc(C)cc(Nc2cc(Cl)cc(Cl)c2)n1. The van der Waals surface area contributed by atoms with Gasteiger partial charge in [-0.1, -0.05) is 23.2 Å². The summed E-state index contributed by atoms with van der Waals surface area (Å²) in [7, 11) is 1.77. The topological polar surface area (TPSA) is 49.8 Å². The van der Waals surface area contributed by atoms with E-state index in [0.29, 0.717) is 21.8 Å². The van der Waals surface area contributed by atoms with E-state index >= 15 is 0 Å². The molecule has 0 saturated heterocycles. The second-order valence-electron chi connectivity index (χ2n) is 3.75. The van der Waals surface area contributed by atoms with Crippen LogP contribution in [0.3, 0.4) is 0 Å². The van der Waals surface area contributed by atoms with Crippen LogP contribution >= 0.6 is 23.2 Å². The molecule has 1 heterocycles. The zero-order chi connectivity index (χ0) is 13.1. The van der Waals surface area contributed by atoms with Gasteiger partial charge in [-0.15, -0.1) is 0 Å². The number of aromatic nitrogens is 2. The predicted molar refractivity (Wildman–Crippen MR) is 76.1 cm³/mol. The van der Waals surface area contributed by atoms with E-state index in [9.17, 15) is 0 Å². The summed E-state index contributed by atoms with van der Waals surface area (Å²) in [5.74, 6) is 1.25. The second kappa shape index (κ2) is 5.42. The average Bonchev–Trinajstić information content (AvgIpc) is 2.26. The molecule has 0 atom stereocenters. The maximum atomic E-state index is 5.94. The van der Waals surface area contributed by atoms with Gasteiger partial charge in [0.15, 0.2) is 0 Å². The molecule has 2 aromatic rings. The second-order valence-corrected chi connectivity index (χ2v) is 4.62. The highest BCUT2D eigenvalue weighted by Gasteiger charge is 2.03. The van der Waals surface area contributed by atoms with Crippen LogP contribution in [-0.2, 0) is 0 Å². The number of aryl methyl sites for hydroxylation is 1. The molecule has 0 saturated carbocycles. The Kier molecular flexibility index (Phi) is 3.89. The normalized spacial score (nSPS) is 10.2. The minimum absolute atomic E-state index is 0.561. The third-order valence-electron chi connectivity index (χ3n) is 2.21. The first-order valence-corrected chi connectivity index (χ1v) is 6.09. The van der Waals surface area contributed by atoms with E-state index in [1.807, 2.05) is 13.0 Å². The van der Waals surface area contributed by atoms with Gasteiger partial charge in [-0.25, -0.2) is 4.98 Å². The van der Waals surface area contributed by atoms with Crippen molar-refractivity contribution < 1.29 is 0 Å². The molecule has 0 bridgehead atoms. The maximum absolute atomic E-state index is 5.94. The fraction of sp³-hybridized carbons (Fsp3) is 0.167. The number of nitrogens with one attached hydrogen (secondary N) is 2. The first-order chi connectivity index (χ1) is 8.56. The fourth-order valence-corrected chi connectivity index (χ4v) is 2.04. The molecule has 1 aromatic heterocycles. The van der Waals surface area contributed by atoms with Gasteiger partial charge in [-0.05, 0) is 25.1 Å². The average molecular weight is 283 g/mol. The van der Waals surface area contributed by atoms with Gasteiger partial charge >= 0.3 is 0 Å². The van der Waals surface area contributed by atoms with E-state index in [4.69, 9.17) is 23.2 Å². The van der Waals surface area contributed by atoms with Gasteiger partial charge in [0.2, 0.25) is 5.95 Å². The first-order valence-electron chi connectivity index (χ1n) is 5.33. The molecule has 1 aromatic carbocycles. The summed E-state index contributed by atoms with van der Waals surface area (Å²) in [4.78, 5) is 8.50. The molecule has 0 fully saturated rings. The molecule has 0 aliphatic carbocycles. The van der Waals surface area contributed by atoms with Gasteiger partial charge in [0, 0.05) is 34.5 Å². The van der Waals surface area contributed by atoms with Crippen LogP contribution in [0.25, 0.3) is 0 Å². The molecule has 6 heteroatoms. The van der Waals surface area contributed by atoms with Crippen molar-refractivity contribution in [1.29, 1.82) is 0 Å². The molecular formula is C12H12Cl2N4. The molecule has 0 unspecified atom stereocenters. The van der Waals surface area contributed by atoms with Crippen molar-refractivity contribution in [2.75, 3.05) is 17.7 Å². The Morgan fingerprint density at radius 3 is 2.28 bits per heavy atom. The van der Waals surface area contributed by atoms with Gasteiger partial charge in [0.1, 0.15) is 5.82 Å². The number of hydrogen-bond acceptors (Lipinski definition) is 4. The standard InChI is InChI=1S/C12H12Cl2N4/c1-7-3-11(18-12(15-2)16-7)17-10-5-8(13)4-9(14)6-10/h3-6H,1-2H3,(H2,15,16,17,18). The monoisotopic (exact) mass is 282 g/mol. The molecule has 0 radical (unpaired) electrons. The van der Waals surface area contributed by atoms with Crippen LogP contribution < -0.4 is 10.6 Å². The summed E-state index contributed by atoms with van der Waals surface area (Å²) in [6.07, 6.45) is 0. The molecule has 0 spiro atoms. The number of hydrogen-bond donors (Lipinski definition) is 2. The number of halogens is 2. The summed E-state index contributed by atoms with van der Waals surface area (Å²) in [5.41, 5.74) is 1.65. The highest BCUT2D eigenvalue weighted by Crippen LogP contribution is 2.25. The zero-order valence-corrected chi connectivity index (χ0v) is 11.5. The number of rotatable bonds is 3. The van der Waals surface area contributed by atoms with Crippen molar-refractivity contribution >= 4 is 40.7 Å². The number of benzene rings is 1. The van der Waals surface area contributed by atoms with Crippen molar-refractivity contribution in [3.63, 3.8) is 0 Å². The largest absolute Gasteiger partial charge is 0.357 e. The summed E-state index contributed by atoms with van der Waals surface area (Å²) in [6.45, 7) is 1.90. The van der Waals surface area contributed by atoms with Crippen LogP contribution in [0.15, 0.2) is 24.3 Å². The Balaban J connectivity index is 2.30. The third-order valence-corrected chi connectivity index (χ3v) is 2.65. The lowest BCUT2D eigenvalue weighted by Crippen LogP contribution is -2.01. The summed E-state index contributed by atoms with van der Waals surface area (Å²) < 4.78 is 0. The van der Waals surface area contributed by atoms with Gasteiger partial charge in [0.25, 0.3) is 0 Å². The zero-order valence-electron chi connectivity index (χ0n) is 9.96. The van der Waals surface area contributed by atoms with Crippen LogP contribution in [0, 0.1) is 6.92 Å². The minimum atomic E-state index is 0.561. The molecule has 18 heavy (non-hydrogen) atoms. The maximum Gasteiger partial charge on any atom is 0.224 e. The summed E-state index contributed by atoms with van der Waals surface area (Å²) in [6, 6.07) is 7.09. The molecule has 2 rings (SSSR count). The predicted octanol–water partition coefficient (Wildman–Crippen LogP) is 3.88. The van der Waals surface area contributed by atoms with Crippen molar-refractivity contribution in [1.82, 2.24) is 9.97 Å². The van der Waals surface area contributed by atoms with Crippen LogP contribution in [0.1, 0.15) is 5.69 Å². The van der Waals surface area contributed by atoms with Crippen LogP contribution in [0.2, 0.25) is 10.0 Å². The van der Waals surface area contributed by atoms with E-state index in [-0.39, 0.29) is 0 Å². The van der Waals surface area contributed by atoms with E-state index in [2.05, 4.69) is 20.6 Å². The van der Waals surface area contributed by atoms with Crippen molar-refractivity contribution in [3.05, 3.63) is 40.0 Å². The van der Waals surface area contributed by atoms with E-state index < -0.39 is 0 Å². The van der Waals surface area contributed by atoms with Gasteiger partial charge in [-0.3, -0.25) is 0 Å². The lowest BCUT2D eigenvalue weighted by Gasteiger charge is -2.09. The van der Waals surface area contributed by atoms with Crippen molar-refractivity contribution in [3.8, 4) is 0 Å². The van der Waals surface area contributed by atoms with Crippen molar-refractivity contribution in [2.24, 2.45) is 0 Å². The lowest BCUT2D eigenvalue weighted by atomic mass is 10.3. The molecule has 0 aliphatic rings. The fourth-order valence-electron chi connectivity index (χ4n) is 1.52. The summed E-state index contributed by atoms with van der Waals surface area (Å²) >= 11 is 11.9. The smallest absolute Gasteiger partial charge is 0.224 e. The first kappa shape index (κ1) is 12.9. The van der Waals surface area contributed by atoms with Gasteiger partial charge in [-0.2, -0.15) is 4.98 Å². The van der Waals surface area contributed by atoms with Crippen molar-refractivity contribution in [2.45, 2.75) is 6.92 Å². The molecule has 0 aliphatic heterocycles. The van der Waals surface area contributed by atoms with Crippen LogP contribution in [0.5, 0.6) is 0 Å². The number of nitrogens with zero attached hydrogens (tertiary/aromatic N) is 2.